The van der Waals surface area contributed by atoms with Gasteiger partial charge in [0.2, 0.25) is 17.7 Å². The molecule has 0 bridgehead atoms. The number of piperidine rings is 1. The number of carbonyl (C=O) groups is 3. The van der Waals surface area contributed by atoms with E-state index >= 15 is 0 Å². The van der Waals surface area contributed by atoms with Gasteiger partial charge in [0, 0.05) is 51.8 Å². The van der Waals surface area contributed by atoms with Crippen molar-refractivity contribution in [3.63, 3.8) is 0 Å². The predicted octanol–water partition coefficient (Wildman–Crippen LogP) is 1.21. The Hall–Kier alpha value is -3.16. The first-order valence-corrected chi connectivity index (χ1v) is 10.3. The van der Waals surface area contributed by atoms with Crippen molar-refractivity contribution < 1.29 is 14.4 Å². The standard InChI is InChI=1S/C22H27N5O3/c1-16(28)24-22-14-25(20(30)13-26-11-6-10-23-26)12-9-19(22)21(27(15-22)17(2)29)18-7-4-3-5-8-18/h3-8,10-11,19,21H,9,12-15H2,1-2H3,(H,24,28)/t19-,21-,22-/m1/s1. The summed E-state index contributed by atoms with van der Waals surface area (Å²) >= 11 is 0. The Labute approximate surface area is 175 Å². The second kappa shape index (κ2) is 7.93. The lowest BCUT2D eigenvalue weighted by Gasteiger charge is -2.45. The molecule has 158 valence electrons. The number of rotatable bonds is 4. The number of likely N-dealkylation sites (tertiary alicyclic amines) is 2. The van der Waals surface area contributed by atoms with Gasteiger partial charge in [-0.2, -0.15) is 5.10 Å². The fourth-order valence-electron chi connectivity index (χ4n) is 5.09. The number of aromatic nitrogens is 2. The zero-order chi connectivity index (χ0) is 21.3. The van der Waals surface area contributed by atoms with Crippen molar-refractivity contribution in [1.29, 1.82) is 0 Å². The molecule has 8 nitrogen and oxygen atoms in total. The van der Waals surface area contributed by atoms with Gasteiger partial charge < -0.3 is 15.1 Å². The van der Waals surface area contributed by atoms with E-state index in [2.05, 4.69) is 10.4 Å². The second-order valence-electron chi connectivity index (χ2n) is 8.25. The smallest absolute Gasteiger partial charge is 0.244 e. The Morgan fingerprint density at radius 3 is 2.53 bits per heavy atom. The van der Waals surface area contributed by atoms with Crippen molar-refractivity contribution in [3.8, 4) is 0 Å². The van der Waals surface area contributed by atoms with Crippen molar-refractivity contribution in [2.75, 3.05) is 19.6 Å². The van der Waals surface area contributed by atoms with Crippen LogP contribution in [0.3, 0.4) is 0 Å². The molecular formula is C22H27N5O3. The fourth-order valence-corrected chi connectivity index (χ4v) is 5.09. The SMILES string of the molecule is CC(=O)N[C@@]12CN(C(=O)Cn3cccn3)CC[C@@H]1[C@@H](c1ccccc1)N(C(C)=O)C2. The van der Waals surface area contributed by atoms with Gasteiger partial charge in [-0.15, -0.1) is 0 Å². The first kappa shape index (κ1) is 20.1. The van der Waals surface area contributed by atoms with Gasteiger partial charge in [-0.05, 0) is 18.1 Å². The largest absolute Gasteiger partial charge is 0.347 e. The zero-order valence-electron chi connectivity index (χ0n) is 17.3. The molecule has 0 spiro atoms. The lowest BCUT2D eigenvalue weighted by atomic mass is 9.75. The van der Waals surface area contributed by atoms with Gasteiger partial charge in [0.25, 0.3) is 0 Å². The van der Waals surface area contributed by atoms with Crippen LogP contribution in [0.4, 0.5) is 0 Å². The zero-order valence-corrected chi connectivity index (χ0v) is 17.3. The highest BCUT2D eigenvalue weighted by molar-refractivity contribution is 5.79. The molecule has 3 amide bonds. The van der Waals surface area contributed by atoms with Crippen molar-refractivity contribution in [3.05, 3.63) is 54.4 Å². The highest BCUT2D eigenvalue weighted by Gasteiger charge is 2.57. The minimum atomic E-state index is -0.671. The van der Waals surface area contributed by atoms with Crippen molar-refractivity contribution in [2.45, 2.75) is 38.4 Å². The number of benzene rings is 1. The number of hydrogen-bond donors (Lipinski definition) is 1. The molecule has 1 aromatic heterocycles. The summed E-state index contributed by atoms with van der Waals surface area (Å²) in [6, 6.07) is 11.6. The molecule has 0 aliphatic carbocycles. The molecule has 0 radical (unpaired) electrons. The van der Waals surface area contributed by atoms with E-state index in [4.69, 9.17) is 0 Å². The van der Waals surface area contributed by atoms with Crippen LogP contribution in [0.1, 0.15) is 31.9 Å². The van der Waals surface area contributed by atoms with Gasteiger partial charge in [0.1, 0.15) is 6.54 Å². The number of hydrogen-bond acceptors (Lipinski definition) is 4. The summed E-state index contributed by atoms with van der Waals surface area (Å²) in [5.41, 5.74) is 0.386. The van der Waals surface area contributed by atoms with Crippen molar-refractivity contribution in [1.82, 2.24) is 24.9 Å². The van der Waals surface area contributed by atoms with Crippen LogP contribution in [-0.2, 0) is 20.9 Å². The molecule has 3 heterocycles. The maximum atomic E-state index is 12.9. The van der Waals surface area contributed by atoms with Crippen LogP contribution < -0.4 is 5.32 Å². The third kappa shape index (κ3) is 3.69. The fraction of sp³-hybridized carbons (Fsp3) is 0.455. The van der Waals surface area contributed by atoms with E-state index in [1.807, 2.05) is 35.2 Å². The maximum Gasteiger partial charge on any atom is 0.244 e. The summed E-state index contributed by atoms with van der Waals surface area (Å²) < 4.78 is 1.60. The van der Waals surface area contributed by atoms with Gasteiger partial charge >= 0.3 is 0 Å². The third-order valence-corrected chi connectivity index (χ3v) is 6.24. The monoisotopic (exact) mass is 409 g/mol. The molecule has 3 atom stereocenters. The number of carbonyl (C=O) groups excluding carboxylic acids is 3. The molecule has 2 aliphatic rings. The average molecular weight is 409 g/mol. The van der Waals surface area contributed by atoms with E-state index in [0.717, 1.165) is 5.56 Å². The number of nitrogens with one attached hydrogen (secondary N) is 1. The van der Waals surface area contributed by atoms with Crippen LogP contribution in [0, 0.1) is 5.92 Å². The Bertz CT molecular complexity index is 930. The normalized spacial score (nSPS) is 25.7. The van der Waals surface area contributed by atoms with Gasteiger partial charge in [0.15, 0.2) is 0 Å². The van der Waals surface area contributed by atoms with Crippen LogP contribution >= 0.6 is 0 Å². The van der Waals surface area contributed by atoms with Crippen LogP contribution in [0.15, 0.2) is 48.8 Å². The Morgan fingerprint density at radius 2 is 1.90 bits per heavy atom. The molecular weight excluding hydrogens is 382 g/mol. The summed E-state index contributed by atoms with van der Waals surface area (Å²) in [6.45, 7) is 4.56. The van der Waals surface area contributed by atoms with Crippen LogP contribution in [0.2, 0.25) is 0 Å². The summed E-state index contributed by atoms with van der Waals surface area (Å²) in [6.07, 6.45) is 4.10. The molecule has 2 fully saturated rings. The minimum absolute atomic E-state index is 0.0291. The average Bonchev–Trinajstić information content (AvgIpc) is 3.33. The Morgan fingerprint density at radius 1 is 1.13 bits per heavy atom. The van der Waals surface area contributed by atoms with Gasteiger partial charge in [-0.25, -0.2) is 0 Å². The first-order valence-electron chi connectivity index (χ1n) is 10.3. The number of nitrogens with zero attached hydrogens (tertiary/aromatic N) is 4. The minimum Gasteiger partial charge on any atom is -0.347 e. The summed E-state index contributed by atoms with van der Waals surface area (Å²) in [5, 5.41) is 7.25. The van der Waals surface area contributed by atoms with Gasteiger partial charge in [-0.1, -0.05) is 30.3 Å². The molecule has 2 saturated heterocycles. The van der Waals surface area contributed by atoms with Crippen LogP contribution in [0.5, 0.6) is 0 Å². The van der Waals surface area contributed by atoms with E-state index in [-0.39, 0.29) is 36.2 Å². The summed E-state index contributed by atoms with van der Waals surface area (Å²) in [7, 11) is 0. The van der Waals surface area contributed by atoms with Crippen molar-refractivity contribution >= 4 is 17.7 Å². The molecule has 2 aliphatic heterocycles. The topological polar surface area (TPSA) is 87.5 Å². The molecule has 4 rings (SSSR count). The molecule has 0 unspecified atom stereocenters. The molecule has 1 N–H and O–H groups in total. The molecule has 2 aromatic rings. The van der Waals surface area contributed by atoms with Crippen molar-refractivity contribution in [2.24, 2.45) is 5.92 Å². The quantitative estimate of drug-likeness (QED) is 0.822. The highest BCUT2D eigenvalue weighted by atomic mass is 16.2. The molecule has 30 heavy (non-hydrogen) atoms. The lowest BCUT2D eigenvalue weighted by Crippen LogP contribution is -2.64. The Kier molecular flexibility index (Phi) is 5.32. The van der Waals surface area contributed by atoms with E-state index in [0.29, 0.717) is 26.1 Å². The van der Waals surface area contributed by atoms with Gasteiger partial charge in [0.05, 0.1) is 11.6 Å². The van der Waals surface area contributed by atoms with Crippen LogP contribution in [-0.4, -0.2) is 62.5 Å². The highest BCUT2D eigenvalue weighted by Crippen LogP contribution is 2.47. The molecule has 8 heteroatoms. The van der Waals surface area contributed by atoms with E-state index < -0.39 is 5.54 Å². The van der Waals surface area contributed by atoms with E-state index in [1.54, 1.807) is 35.0 Å². The molecule has 0 saturated carbocycles. The lowest BCUT2D eigenvalue weighted by molar-refractivity contribution is -0.137. The third-order valence-electron chi connectivity index (χ3n) is 6.24. The first-order chi connectivity index (χ1) is 14.4. The second-order valence-corrected chi connectivity index (χ2v) is 8.25. The Balaban J connectivity index is 1.65. The molecule has 1 aromatic carbocycles. The maximum absolute atomic E-state index is 12.9. The van der Waals surface area contributed by atoms with E-state index in [1.165, 1.54) is 6.92 Å². The van der Waals surface area contributed by atoms with Crippen LogP contribution in [0.25, 0.3) is 0 Å². The van der Waals surface area contributed by atoms with E-state index in [9.17, 15) is 14.4 Å². The summed E-state index contributed by atoms with van der Waals surface area (Å²) in [5.74, 6) is -0.197. The number of amides is 3. The van der Waals surface area contributed by atoms with Gasteiger partial charge in [-0.3, -0.25) is 19.1 Å². The predicted molar refractivity (Wildman–Crippen MR) is 110 cm³/mol. The summed E-state index contributed by atoms with van der Waals surface area (Å²) in [4.78, 5) is 41.3. The number of fused-ring (bicyclic) bond motifs is 1.